The highest BCUT2D eigenvalue weighted by Crippen LogP contribution is 2.22. The molecule has 18 heavy (non-hydrogen) atoms. The van der Waals surface area contributed by atoms with Crippen molar-refractivity contribution in [2.45, 2.75) is 46.6 Å². The first-order valence-corrected chi connectivity index (χ1v) is 7.34. The lowest BCUT2D eigenvalue weighted by molar-refractivity contribution is 0.0638. The summed E-state index contributed by atoms with van der Waals surface area (Å²) in [4.78, 5) is 14.5. The Balaban J connectivity index is 2.95. The maximum Gasteiger partial charge on any atom is 0.258 e. The smallest absolute Gasteiger partial charge is 0.258 e. The molecular weight excluding hydrogens is 294 g/mol. The molecule has 1 aromatic rings. The van der Waals surface area contributed by atoms with E-state index in [4.69, 9.17) is 4.42 Å². The fourth-order valence-electron chi connectivity index (χ4n) is 2.12. The van der Waals surface area contributed by atoms with Gasteiger partial charge in [-0.3, -0.25) is 4.79 Å². The molecule has 0 N–H and O–H groups in total. The number of hydrogen-bond acceptors (Lipinski definition) is 2. The highest BCUT2D eigenvalue weighted by atomic mass is 79.9. The van der Waals surface area contributed by atoms with Crippen LogP contribution in [0.15, 0.2) is 21.4 Å². The minimum absolute atomic E-state index is 0.0537. The standard InChI is InChI=1S/C14H22BrNO2/c1-5-11(6-2)16(9-10(3)4)14(17)12-7-8-18-13(12)15/h7-8,10-11H,5-6,9H2,1-4H3. The van der Waals surface area contributed by atoms with Crippen molar-refractivity contribution in [1.82, 2.24) is 4.90 Å². The maximum atomic E-state index is 12.6. The van der Waals surface area contributed by atoms with Gasteiger partial charge in [0.15, 0.2) is 4.67 Å². The average Bonchev–Trinajstić information content (AvgIpc) is 2.74. The van der Waals surface area contributed by atoms with Gasteiger partial charge in [-0.25, -0.2) is 0 Å². The zero-order valence-corrected chi connectivity index (χ0v) is 13.2. The molecule has 0 aliphatic rings. The molecule has 0 saturated carbocycles. The van der Waals surface area contributed by atoms with Gasteiger partial charge in [-0.2, -0.15) is 0 Å². The quantitative estimate of drug-likeness (QED) is 0.783. The molecule has 1 heterocycles. The molecule has 4 heteroatoms. The van der Waals surface area contributed by atoms with Crippen LogP contribution in [-0.4, -0.2) is 23.4 Å². The van der Waals surface area contributed by atoms with Crippen molar-refractivity contribution in [3.8, 4) is 0 Å². The fraction of sp³-hybridized carbons (Fsp3) is 0.643. The third-order valence-electron chi connectivity index (χ3n) is 3.05. The third-order valence-corrected chi connectivity index (χ3v) is 3.67. The number of hydrogen-bond donors (Lipinski definition) is 0. The summed E-state index contributed by atoms with van der Waals surface area (Å²) >= 11 is 3.28. The van der Waals surface area contributed by atoms with E-state index in [0.717, 1.165) is 19.4 Å². The molecule has 0 aromatic carbocycles. The van der Waals surface area contributed by atoms with E-state index in [0.29, 0.717) is 22.2 Å². The van der Waals surface area contributed by atoms with Gasteiger partial charge >= 0.3 is 0 Å². The van der Waals surface area contributed by atoms with Crippen molar-refractivity contribution >= 4 is 21.8 Å². The largest absolute Gasteiger partial charge is 0.457 e. The van der Waals surface area contributed by atoms with E-state index in [9.17, 15) is 4.79 Å². The second-order valence-corrected chi connectivity index (χ2v) is 5.65. The summed E-state index contributed by atoms with van der Waals surface area (Å²) in [5, 5.41) is 0. The molecule has 1 aromatic heterocycles. The SMILES string of the molecule is CCC(CC)N(CC(C)C)C(=O)c1ccoc1Br. The monoisotopic (exact) mass is 315 g/mol. The van der Waals surface area contributed by atoms with Crippen LogP contribution >= 0.6 is 15.9 Å². The lowest BCUT2D eigenvalue weighted by Gasteiger charge is -2.32. The fourth-order valence-corrected chi connectivity index (χ4v) is 2.53. The maximum absolute atomic E-state index is 12.6. The first-order chi connectivity index (χ1) is 8.51. The molecule has 1 rings (SSSR count). The van der Waals surface area contributed by atoms with Crippen molar-refractivity contribution in [2.75, 3.05) is 6.54 Å². The van der Waals surface area contributed by atoms with Gasteiger partial charge in [0.1, 0.15) is 0 Å². The minimum atomic E-state index is 0.0537. The molecule has 0 atom stereocenters. The van der Waals surface area contributed by atoms with Gasteiger partial charge in [-0.15, -0.1) is 0 Å². The van der Waals surface area contributed by atoms with E-state index in [1.54, 1.807) is 6.07 Å². The zero-order chi connectivity index (χ0) is 13.7. The Bertz CT molecular complexity index is 383. The van der Waals surface area contributed by atoms with Crippen LogP contribution in [0.4, 0.5) is 0 Å². The van der Waals surface area contributed by atoms with Crippen LogP contribution in [0, 0.1) is 5.92 Å². The predicted molar refractivity (Wildman–Crippen MR) is 76.7 cm³/mol. The molecule has 0 aliphatic heterocycles. The molecule has 3 nitrogen and oxygen atoms in total. The van der Waals surface area contributed by atoms with E-state index < -0.39 is 0 Å². The van der Waals surface area contributed by atoms with Gasteiger partial charge in [0, 0.05) is 12.6 Å². The van der Waals surface area contributed by atoms with Gasteiger partial charge in [0.25, 0.3) is 5.91 Å². The number of carbonyl (C=O) groups is 1. The molecule has 0 spiro atoms. The zero-order valence-electron chi connectivity index (χ0n) is 11.6. The summed E-state index contributed by atoms with van der Waals surface area (Å²) in [6, 6.07) is 2.02. The van der Waals surface area contributed by atoms with Crippen LogP contribution in [-0.2, 0) is 0 Å². The van der Waals surface area contributed by atoms with E-state index >= 15 is 0 Å². The van der Waals surface area contributed by atoms with Crippen LogP contribution < -0.4 is 0 Å². The number of carbonyl (C=O) groups excluding carboxylic acids is 1. The van der Waals surface area contributed by atoms with Crippen molar-refractivity contribution in [1.29, 1.82) is 0 Å². The van der Waals surface area contributed by atoms with Crippen LogP contribution in [0.25, 0.3) is 0 Å². The number of nitrogens with zero attached hydrogens (tertiary/aromatic N) is 1. The predicted octanol–water partition coefficient (Wildman–Crippen LogP) is 4.33. The summed E-state index contributed by atoms with van der Waals surface area (Å²) in [6.07, 6.45) is 3.49. The number of furan rings is 1. The summed E-state index contributed by atoms with van der Waals surface area (Å²) < 4.78 is 5.68. The lowest BCUT2D eigenvalue weighted by atomic mass is 10.1. The summed E-state index contributed by atoms with van der Waals surface area (Å²) in [7, 11) is 0. The summed E-state index contributed by atoms with van der Waals surface area (Å²) in [6.45, 7) is 9.29. The van der Waals surface area contributed by atoms with E-state index in [2.05, 4.69) is 43.6 Å². The molecule has 0 fully saturated rings. The Morgan fingerprint density at radius 1 is 1.39 bits per heavy atom. The normalized spacial score (nSPS) is 11.3. The van der Waals surface area contributed by atoms with Crippen LogP contribution in [0.2, 0.25) is 0 Å². The Morgan fingerprint density at radius 2 is 2.00 bits per heavy atom. The third kappa shape index (κ3) is 3.61. The number of amides is 1. The first kappa shape index (κ1) is 15.3. The van der Waals surface area contributed by atoms with E-state index in [-0.39, 0.29) is 5.91 Å². The molecule has 1 amide bonds. The second kappa shape index (κ2) is 6.98. The van der Waals surface area contributed by atoms with Crippen LogP contribution in [0.5, 0.6) is 0 Å². The first-order valence-electron chi connectivity index (χ1n) is 6.55. The highest BCUT2D eigenvalue weighted by Gasteiger charge is 2.25. The molecule has 0 unspecified atom stereocenters. The molecule has 102 valence electrons. The van der Waals surface area contributed by atoms with Crippen LogP contribution in [0.3, 0.4) is 0 Å². The summed E-state index contributed by atoms with van der Waals surface area (Å²) in [5.74, 6) is 0.512. The molecule has 0 bridgehead atoms. The number of halogens is 1. The topological polar surface area (TPSA) is 33.5 Å². The Morgan fingerprint density at radius 3 is 2.39 bits per heavy atom. The van der Waals surface area contributed by atoms with Gasteiger partial charge in [0.05, 0.1) is 11.8 Å². The number of rotatable bonds is 6. The molecule has 0 radical (unpaired) electrons. The Kier molecular flexibility index (Phi) is 5.93. The molecular formula is C14H22BrNO2. The second-order valence-electron chi connectivity index (χ2n) is 4.93. The Hall–Kier alpha value is -0.770. The van der Waals surface area contributed by atoms with Crippen LogP contribution in [0.1, 0.15) is 50.9 Å². The van der Waals surface area contributed by atoms with Crippen molar-refractivity contribution in [2.24, 2.45) is 5.92 Å². The van der Waals surface area contributed by atoms with Gasteiger partial charge in [-0.1, -0.05) is 27.7 Å². The van der Waals surface area contributed by atoms with E-state index in [1.165, 1.54) is 6.26 Å². The van der Waals surface area contributed by atoms with Crippen molar-refractivity contribution in [3.05, 3.63) is 22.6 Å². The van der Waals surface area contributed by atoms with Gasteiger partial charge in [-0.05, 0) is 40.8 Å². The Labute approximate surface area is 118 Å². The van der Waals surface area contributed by atoms with Gasteiger partial charge < -0.3 is 9.32 Å². The van der Waals surface area contributed by atoms with Crippen molar-refractivity contribution < 1.29 is 9.21 Å². The molecule has 0 saturated heterocycles. The summed E-state index contributed by atoms with van der Waals surface area (Å²) in [5.41, 5.74) is 0.613. The highest BCUT2D eigenvalue weighted by molar-refractivity contribution is 9.10. The minimum Gasteiger partial charge on any atom is -0.457 e. The molecule has 0 aliphatic carbocycles. The van der Waals surface area contributed by atoms with Gasteiger partial charge in [0.2, 0.25) is 0 Å². The average molecular weight is 316 g/mol. The van der Waals surface area contributed by atoms with E-state index in [1.807, 2.05) is 4.90 Å². The lowest BCUT2D eigenvalue weighted by Crippen LogP contribution is -2.42. The van der Waals surface area contributed by atoms with Crippen molar-refractivity contribution in [3.63, 3.8) is 0 Å².